The minimum absolute atomic E-state index is 0.245. The highest BCUT2D eigenvalue weighted by Gasteiger charge is 2.14. The van der Waals surface area contributed by atoms with Crippen LogP contribution in [0.3, 0.4) is 0 Å². The first-order valence-corrected chi connectivity index (χ1v) is 9.93. The fourth-order valence-corrected chi connectivity index (χ4v) is 3.82. The summed E-state index contributed by atoms with van der Waals surface area (Å²) >= 11 is 0. The predicted octanol–water partition coefficient (Wildman–Crippen LogP) is 4.38. The van der Waals surface area contributed by atoms with Crippen LogP contribution in [-0.2, 0) is 0 Å². The third-order valence-electron chi connectivity index (χ3n) is 5.39. The van der Waals surface area contributed by atoms with Gasteiger partial charge in [-0.3, -0.25) is 10.2 Å². The second-order valence-electron chi connectivity index (χ2n) is 7.27. The van der Waals surface area contributed by atoms with E-state index in [0.29, 0.717) is 5.56 Å². The first-order valence-electron chi connectivity index (χ1n) is 9.93. The number of halogens is 1. The standard InChI is InChI=1S/C25H20FN5/c1-3-22-20(11-15(2)16-13-27-28-14-16)25(31-30-22)24-12-19-17(8-6-10-23(19)29-24)18-7-4-5-9-21(18)26/h3-14,29-30H,2H2,1H3,(H,27,28)/b20-11+,22-3+. The lowest BCUT2D eigenvalue weighted by Crippen LogP contribution is -2.23. The van der Waals surface area contributed by atoms with E-state index >= 15 is 0 Å². The van der Waals surface area contributed by atoms with Crippen LogP contribution in [0.1, 0.15) is 12.5 Å². The normalized spacial score (nSPS) is 12.7. The molecule has 0 aliphatic heterocycles. The van der Waals surface area contributed by atoms with Crippen molar-refractivity contribution in [3.05, 3.63) is 89.5 Å². The smallest absolute Gasteiger partial charge is 0.131 e. The summed E-state index contributed by atoms with van der Waals surface area (Å²) < 4.78 is 14.5. The number of nitrogens with one attached hydrogen (secondary N) is 3. The van der Waals surface area contributed by atoms with Gasteiger partial charge in [-0.2, -0.15) is 10.2 Å². The fraction of sp³-hybridized carbons (Fsp3) is 0.0400. The lowest BCUT2D eigenvalue weighted by Gasteiger charge is -2.04. The molecule has 6 heteroatoms. The maximum absolute atomic E-state index is 14.5. The summed E-state index contributed by atoms with van der Waals surface area (Å²) in [5.41, 5.74) is 5.67. The van der Waals surface area contributed by atoms with E-state index in [0.717, 1.165) is 49.6 Å². The number of rotatable bonds is 4. The van der Waals surface area contributed by atoms with Crippen LogP contribution in [0.15, 0.2) is 67.5 Å². The Morgan fingerprint density at radius 3 is 2.71 bits per heavy atom. The van der Waals surface area contributed by atoms with Gasteiger partial charge in [-0.25, -0.2) is 4.39 Å². The SMILES string of the molecule is C=C(/C=c1/c(-c2cc3c(-c4ccccc4F)cccc3[nH]2)n[nH]/c1=C/C)c1cn[nH]c1. The van der Waals surface area contributed by atoms with Gasteiger partial charge in [0, 0.05) is 33.4 Å². The van der Waals surface area contributed by atoms with Crippen molar-refractivity contribution in [2.75, 3.05) is 0 Å². The van der Waals surface area contributed by atoms with Crippen molar-refractivity contribution in [3.8, 4) is 22.5 Å². The third-order valence-corrected chi connectivity index (χ3v) is 5.39. The van der Waals surface area contributed by atoms with Crippen molar-refractivity contribution in [3.63, 3.8) is 0 Å². The molecular formula is C25H20FN5. The van der Waals surface area contributed by atoms with Crippen LogP contribution in [0.4, 0.5) is 4.39 Å². The second kappa shape index (κ2) is 7.57. The fourth-order valence-electron chi connectivity index (χ4n) is 3.82. The first-order chi connectivity index (χ1) is 15.2. The quantitative estimate of drug-likeness (QED) is 0.412. The average molecular weight is 409 g/mol. The molecule has 0 spiro atoms. The van der Waals surface area contributed by atoms with E-state index in [2.05, 4.69) is 32.0 Å². The highest BCUT2D eigenvalue weighted by atomic mass is 19.1. The molecule has 0 fully saturated rings. The van der Waals surface area contributed by atoms with Crippen molar-refractivity contribution in [1.82, 2.24) is 25.4 Å². The summed E-state index contributed by atoms with van der Waals surface area (Å²) in [6.07, 6.45) is 7.50. The maximum Gasteiger partial charge on any atom is 0.131 e. The minimum Gasteiger partial charge on any atom is -0.353 e. The summed E-state index contributed by atoms with van der Waals surface area (Å²) in [5, 5.41) is 17.2. The van der Waals surface area contributed by atoms with Crippen molar-refractivity contribution in [2.45, 2.75) is 6.92 Å². The van der Waals surface area contributed by atoms with E-state index in [9.17, 15) is 4.39 Å². The minimum atomic E-state index is -0.245. The molecule has 0 aliphatic rings. The molecule has 3 heterocycles. The molecule has 31 heavy (non-hydrogen) atoms. The Labute approximate surface area is 177 Å². The van der Waals surface area contributed by atoms with Crippen LogP contribution >= 0.6 is 0 Å². The molecule has 0 saturated heterocycles. The number of nitrogens with zero attached hydrogens (tertiary/aromatic N) is 2. The molecule has 0 radical (unpaired) electrons. The van der Waals surface area contributed by atoms with E-state index in [4.69, 9.17) is 0 Å². The molecule has 152 valence electrons. The van der Waals surface area contributed by atoms with Gasteiger partial charge in [0.25, 0.3) is 0 Å². The molecule has 0 unspecified atom stereocenters. The topological polar surface area (TPSA) is 73.2 Å². The molecule has 5 rings (SSSR count). The van der Waals surface area contributed by atoms with Crippen molar-refractivity contribution >= 4 is 28.6 Å². The van der Waals surface area contributed by atoms with Crippen molar-refractivity contribution < 1.29 is 4.39 Å². The predicted molar refractivity (Wildman–Crippen MR) is 123 cm³/mol. The van der Waals surface area contributed by atoms with Gasteiger partial charge in [-0.15, -0.1) is 0 Å². The zero-order chi connectivity index (χ0) is 21.4. The Balaban J connectivity index is 1.70. The Morgan fingerprint density at radius 1 is 1.10 bits per heavy atom. The number of aromatic amines is 3. The molecule has 0 atom stereocenters. The molecule has 0 saturated carbocycles. The maximum atomic E-state index is 14.5. The lowest BCUT2D eigenvalue weighted by molar-refractivity contribution is 0.631. The van der Waals surface area contributed by atoms with Crippen LogP contribution in [0.2, 0.25) is 0 Å². The van der Waals surface area contributed by atoms with E-state index in [1.165, 1.54) is 6.07 Å². The number of H-pyrrole nitrogens is 3. The van der Waals surface area contributed by atoms with Crippen LogP contribution in [0, 0.1) is 5.82 Å². The zero-order valence-corrected chi connectivity index (χ0v) is 16.9. The Kier molecular flexibility index (Phi) is 4.59. The van der Waals surface area contributed by atoms with E-state index in [-0.39, 0.29) is 5.82 Å². The number of hydrogen-bond acceptors (Lipinski definition) is 2. The monoisotopic (exact) mass is 409 g/mol. The first kappa shape index (κ1) is 18.8. The summed E-state index contributed by atoms with van der Waals surface area (Å²) in [7, 11) is 0. The summed E-state index contributed by atoms with van der Waals surface area (Å²) in [6, 6.07) is 14.7. The lowest BCUT2D eigenvalue weighted by atomic mass is 10.0. The number of aromatic nitrogens is 5. The zero-order valence-electron chi connectivity index (χ0n) is 16.9. The molecule has 0 aliphatic carbocycles. The number of allylic oxidation sites excluding steroid dienone is 1. The number of hydrogen-bond donors (Lipinski definition) is 3. The summed E-state index contributed by atoms with van der Waals surface area (Å²) in [4.78, 5) is 3.44. The van der Waals surface area contributed by atoms with Gasteiger partial charge in [0.2, 0.25) is 0 Å². The Bertz CT molecular complexity index is 1520. The summed E-state index contributed by atoms with van der Waals surface area (Å²) in [5.74, 6) is -0.245. The van der Waals surface area contributed by atoms with Crippen molar-refractivity contribution in [1.29, 1.82) is 0 Å². The molecule has 2 aromatic carbocycles. The second-order valence-corrected chi connectivity index (χ2v) is 7.27. The van der Waals surface area contributed by atoms with Crippen LogP contribution < -0.4 is 10.6 Å². The van der Waals surface area contributed by atoms with Crippen LogP contribution in [-0.4, -0.2) is 25.4 Å². The Morgan fingerprint density at radius 2 is 1.94 bits per heavy atom. The van der Waals surface area contributed by atoms with Gasteiger partial charge in [0.1, 0.15) is 11.5 Å². The molecule has 0 bridgehead atoms. The molecule has 0 amide bonds. The molecular weight excluding hydrogens is 389 g/mol. The molecule has 5 nitrogen and oxygen atoms in total. The molecule has 5 aromatic rings. The number of benzene rings is 2. The Hall–Kier alpha value is -4.19. The van der Waals surface area contributed by atoms with E-state index < -0.39 is 0 Å². The molecule has 3 N–H and O–H groups in total. The third kappa shape index (κ3) is 3.28. The van der Waals surface area contributed by atoms with Gasteiger partial charge >= 0.3 is 0 Å². The largest absolute Gasteiger partial charge is 0.353 e. The highest BCUT2D eigenvalue weighted by molar-refractivity contribution is 5.98. The van der Waals surface area contributed by atoms with Crippen molar-refractivity contribution in [2.24, 2.45) is 0 Å². The molecule has 3 aromatic heterocycles. The average Bonchev–Trinajstić information content (AvgIpc) is 3.53. The van der Waals surface area contributed by atoms with Crippen LogP contribution in [0.5, 0.6) is 0 Å². The summed E-state index contributed by atoms with van der Waals surface area (Å²) in [6.45, 7) is 6.12. The van der Waals surface area contributed by atoms with Gasteiger partial charge in [-0.1, -0.05) is 43.0 Å². The van der Waals surface area contributed by atoms with Gasteiger partial charge < -0.3 is 4.98 Å². The van der Waals surface area contributed by atoms with Gasteiger partial charge in [0.05, 0.1) is 17.2 Å². The van der Waals surface area contributed by atoms with Gasteiger partial charge in [-0.05, 0) is 42.3 Å². The number of fused-ring (bicyclic) bond motifs is 1. The van der Waals surface area contributed by atoms with Gasteiger partial charge in [0.15, 0.2) is 0 Å². The van der Waals surface area contributed by atoms with E-state index in [1.54, 1.807) is 24.5 Å². The van der Waals surface area contributed by atoms with Crippen LogP contribution in [0.25, 0.3) is 51.1 Å². The highest BCUT2D eigenvalue weighted by Crippen LogP contribution is 2.32. The van der Waals surface area contributed by atoms with E-state index in [1.807, 2.05) is 49.4 Å².